The highest BCUT2D eigenvalue weighted by atomic mass is 19.4. The maximum absolute atomic E-state index is 11.4. The van der Waals surface area contributed by atoms with Crippen LogP contribution in [0.3, 0.4) is 0 Å². The van der Waals surface area contributed by atoms with Gasteiger partial charge in [-0.25, -0.2) is 26.3 Å². The fourth-order valence-corrected chi connectivity index (χ4v) is 0.410. The molecule has 0 N–H and O–H groups in total. The Morgan fingerprint density at radius 1 is 0.600 bits per heavy atom. The largest absolute Gasteiger partial charge is 0.442 e. The van der Waals surface area contributed by atoms with E-state index in [9.17, 15) is 52.7 Å². The average Bonchev–Trinajstić information content (AvgIpc) is 2.13. The Hall–Kier alpha value is -1.36. The Morgan fingerprint density at radius 2 is 0.800 bits per heavy atom. The maximum Gasteiger partial charge on any atom is 0.442 e. The molecule has 0 rings (SSSR count). The first-order valence-electron chi connectivity index (χ1n) is 4.13. The molecule has 0 saturated heterocycles. The van der Waals surface area contributed by atoms with Gasteiger partial charge in [0.2, 0.25) is 11.7 Å². The minimum atomic E-state index is -5.30. The fourth-order valence-electron chi connectivity index (χ4n) is 0.410. The van der Waals surface area contributed by atoms with Crippen molar-refractivity contribution < 1.29 is 52.7 Å². The van der Waals surface area contributed by atoms with Crippen LogP contribution in [0.15, 0.2) is 23.8 Å². The second kappa shape index (κ2) is 8.04. The first-order chi connectivity index (χ1) is 8.67. The van der Waals surface area contributed by atoms with Gasteiger partial charge < -0.3 is 0 Å². The quantitative estimate of drug-likeness (QED) is 0.601. The highest BCUT2D eigenvalue weighted by Gasteiger charge is 2.35. The van der Waals surface area contributed by atoms with Crippen LogP contribution >= 0.6 is 0 Å². The van der Waals surface area contributed by atoms with Crippen molar-refractivity contribution in [2.45, 2.75) is 25.2 Å². The number of alkyl halides is 10. The zero-order valence-electron chi connectivity index (χ0n) is 8.84. The van der Waals surface area contributed by atoms with Crippen molar-refractivity contribution in [2.75, 3.05) is 0 Å². The lowest BCUT2D eigenvalue weighted by Gasteiger charge is -2.00. The molecule has 0 aliphatic heterocycles. The summed E-state index contributed by atoms with van der Waals surface area (Å²) in [6.07, 6.45) is -19.0. The van der Waals surface area contributed by atoms with Crippen molar-refractivity contribution in [2.24, 2.45) is 0 Å². The molecule has 0 aromatic rings. The van der Waals surface area contributed by atoms with E-state index in [-0.39, 0.29) is 0 Å². The normalized spacial score (nSPS) is 14.5. The Bertz CT molecular complexity index is 296. The Labute approximate surface area is 103 Å². The van der Waals surface area contributed by atoms with Crippen molar-refractivity contribution in [3.8, 4) is 0 Å². The fraction of sp³-hybridized carbons (Fsp3) is 0.500. The van der Waals surface area contributed by atoms with E-state index in [0.29, 0.717) is 0 Å². The van der Waals surface area contributed by atoms with E-state index >= 15 is 0 Å². The van der Waals surface area contributed by atoms with Crippen LogP contribution in [-0.4, -0.2) is 25.2 Å². The molecule has 12 heteroatoms. The van der Waals surface area contributed by atoms with Gasteiger partial charge in [-0.15, -0.1) is 0 Å². The monoisotopic (exact) mass is 328 g/mol. The van der Waals surface area contributed by atoms with Crippen LogP contribution in [0.4, 0.5) is 52.7 Å². The smallest absolute Gasteiger partial charge is 0.206 e. The van der Waals surface area contributed by atoms with Gasteiger partial charge in [0, 0.05) is 12.2 Å². The highest BCUT2D eigenvalue weighted by molar-refractivity contribution is 5.00. The third-order valence-corrected chi connectivity index (χ3v) is 1.09. The molecule has 0 aromatic heterocycles. The van der Waals surface area contributed by atoms with Gasteiger partial charge >= 0.3 is 12.4 Å². The minimum Gasteiger partial charge on any atom is -0.206 e. The summed E-state index contributed by atoms with van der Waals surface area (Å²) in [5.41, 5.74) is 0. The van der Waals surface area contributed by atoms with E-state index in [4.69, 9.17) is 0 Å². The average molecular weight is 328 g/mol. The predicted molar refractivity (Wildman–Crippen MR) is 42.5 cm³/mol. The molecule has 0 aliphatic carbocycles. The molecule has 0 spiro atoms. The molecule has 120 valence electrons. The molecular weight excluding hydrogens is 324 g/mol. The van der Waals surface area contributed by atoms with Gasteiger partial charge in [0.15, 0.2) is 0 Å². The van der Waals surface area contributed by atoms with E-state index in [1.165, 1.54) is 0 Å². The van der Waals surface area contributed by atoms with Crippen molar-refractivity contribution in [1.82, 2.24) is 0 Å². The van der Waals surface area contributed by atoms with Crippen molar-refractivity contribution in [3.05, 3.63) is 23.8 Å². The van der Waals surface area contributed by atoms with E-state index in [2.05, 4.69) is 0 Å². The molecule has 0 nitrogen and oxygen atoms in total. The Balaban J connectivity index is 0. The lowest BCUT2D eigenvalue weighted by molar-refractivity contribution is -0.110. The summed E-state index contributed by atoms with van der Waals surface area (Å²) in [5.74, 6) is -5.52. The van der Waals surface area contributed by atoms with E-state index in [1.54, 1.807) is 0 Å². The van der Waals surface area contributed by atoms with Crippen LogP contribution in [0.1, 0.15) is 0 Å². The van der Waals surface area contributed by atoms with Crippen LogP contribution in [0, 0.1) is 0 Å². The molecule has 0 radical (unpaired) electrons. The summed E-state index contributed by atoms with van der Waals surface area (Å²) in [4.78, 5) is 0. The van der Waals surface area contributed by atoms with Gasteiger partial charge in [0.05, 0.1) is 0 Å². The van der Waals surface area contributed by atoms with E-state index < -0.39 is 49.0 Å². The van der Waals surface area contributed by atoms with Crippen LogP contribution < -0.4 is 0 Å². The van der Waals surface area contributed by atoms with Gasteiger partial charge in [0.25, 0.3) is 12.9 Å². The lowest BCUT2D eigenvalue weighted by atomic mass is 10.5. The number of rotatable bonds is 2. The van der Waals surface area contributed by atoms with Crippen LogP contribution in [0.2, 0.25) is 0 Å². The molecule has 0 bridgehead atoms. The van der Waals surface area contributed by atoms with Gasteiger partial charge in [-0.3, -0.25) is 0 Å². The molecule has 0 unspecified atom stereocenters. The third-order valence-electron chi connectivity index (χ3n) is 1.09. The second-order valence-electron chi connectivity index (χ2n) is 2.69. The van der Waals surface area contributed by atoms with Crippen LogP contribution in [0.25, 0.3) is 0 Å². The van der Waals surface area contributed by atoms with Gasteiger partial charge in [-0.2, -0.15) is 26.3 Å². The van der Waals surface area contributed by atoms with Gasteiger partial charge in [0.1, 0.15) is 0 Å². The molecule has 0 aromatic carbocycles. The minimum absolute atomic E-state index is 0.792. The molecule has 20 heavy (non-hydrogen) atoms. The van der Waals surface area contributed by atoms with Crippen LogP contribution in [-0.2, 0) is 0 Å². The first-order valence-corrected chi connectivity index (χ1v) is 4.13. The zero-order chi connectivity index (χ0) is 16.7. The summed E-state index contributed by atoms with van der Waals surface area (Å²) >= 11 is 0. The summed E-state index contributed by atoms with van der Waals surface area (Å²) in [6, 6.07) is 0. The maximum atomic E-state index is 11.4. The van der Waals surface area contributed by atoms with Crippen LogP contribution in [0.5, 0.6) is 0 Å². The molecular formula is C8H4F12. The first kappa shape index (κ1) is 20.9. The van der Waals surface area contributed by atoms with Gasteiger partial charge in [-0.05, 0) is 0 Å². The highest BCUT2D eigenvalue weighted by Crippen LogP contribution is 2.27. The standard InChI is InChI=1S/2C4H2F6/c2*5-2(1-3(6)7)4(8,9)10/h2*1,3H. The van der Waals surface area contributed by atoms with E-state index in [0.717, 1.165) is 0 Å². The van der Waals surface area contributed by atoms with Crippen molar-refractivity contribution >= 4 is 0 Å². The SMILES string of the molecule is FC(=CC(F)F)C(F)(F)F.FC(=CC(F)F)C(F)(F)F. The Kier molecular flexibility index (Phi) is 8.43. The lowest BCUT2D eigenvalue weighted by Crippen LogP contribution is -2.08. The molecule has 0 aliphatic rings. The summed E-state index contributed by atoms with van der Waals surface area (Å²) in [6.45, 7) is 0. The molecule has 0 fully saturated rings. The molecule has 0 heterocycles. The van der Waals surface area contributed by atoms with Crippen molar-refractivity contribution in [3.63, 3.8) is 0 Å². The topological polar surface area (TPSA) is 0 Å². The number of allylic oxidation sites excluding steroid dienone is 4. The van der Waals surface area contributed by atoms with Gasteiger partial charge in [-0.1, -0.05) is 0 Å². The summed E-state index contributed by atoms with van der Waals surface area (Å²) in [5, 5.41) is 0. The molecule has 0 amide bonds. The number of hydrogen-bond donors (Lipinski definition) is 0. The third kappa shape index (κ3) is 11.7. The molecule has 0 saturated carbocycles. The summed E-state index contributed by atoms with van der Waals surface area (Å²) in [7, 11) is 0. The van der Waals surface area contributed by atoms with Crippen molar-refractivity contribution in [1.29, 1.82) is 0 Å². The number of hydrogen-bond acceptors (Lipinski definition) is 0. The van der Waals surface area contributed by atoms with E-state index in [1.807, 2.05) is 0 Å². The molecule has 0 atom stereocenters. The Morgan fingerprint density at radius 3 is 0.850 bits per heavy atom. The second-order valence-corrected chi connectivity index (χ2v) is 2.69. The number of halogens is 12. The summed E-state index contributed by atoms with van der Waals surface area (Å²) < 4.78 is 133. The zero-order valence-corrected chi connectivity index (χ0v) is 8.84. The predicted octanol–water partition coefficient (Wildman–Crippen LogP) is 5.33.